The van der Waals surface area contributed by atoms with Crippen molar-refractivity contribution in [1.82, 2.24) is 14.6 Å². The standard InChI is InChI=1S/C18H17BrN4O/c1-12(2)14-6-3-13(4-7-14)5-8-17(24)21-16-9-15(19)10-23-11-20-22-18(16)23/h3-12H,1-2H3,(H,21,24)/b8-5+. The van der Waals surface area contributed by atoms with Gasteiger partial charge in [-0.1, -0.05) is 38.1 Å². The van der Waals surface area contributed by atoms with Crippen LogP contribution in [0.2, 0.25) is 0 Å². The highest BCUT2D eigenvalue weighted by atomic mass is 79.9. The molecular formula is C18H17BrN4O. The molecule has 2 heterocycles. The Kier molecular flexibility index (Phi) is 4.76. The predicted molar refractivity (Wildman–Crippen MR) is 98.9 cm³/mol. The monoisotopic (exact) mass is 384 g/mol. The highest BCUT2D eigenvalue weighted by Gasteiger charge is 2.07. The number of aromatic nitrogens is 3. The molecule has 0 aliphatic carbocycles. The number of halogens is 1. The number of pyridine rings is 1. The van der Waals surface area contributed by atoms with Crippen molar-refractivity contribution in [3.8, 4) is 0 Å². The number of carbonyl (C=O) groups is 1. The van der Waals surface area contributed by atoms with Gasteiger partial charge in [0, 0.05) is 16.7 Å². The van der Waals surface area contributed by atoms with Crippen LogP contribution in [0.15, 0.2) is 53.4 Å². The van der Waals surface area contributed by atoms with Gasteiger partial charge in [-0.25, -0.2) is 0 Å². The smallest absolute Gasteiger partial charge is 0.248 e. The molecule has 0 aliphatic heterocycles. The molecule has 0 aliphatic rings. The van der Waals surface area contributed by atoms with Gasteiger partial charge < -0.3 is 5.32 Å². The molecule has 0 unspecified atom stereocenters. The number of nitrogens with zero attached hydrogens (tertiary/aromatic N) is 3. The fraction of sp³-hybridized carbons (Fsp3) is 0.167. The molecule has 0 saturated carbocycles. The Morgan fingerprint density at radius 2 is 2.04 bits per heavy atom. The average Bonchev–Trinajstić information content (AvgIpc) is 3.01. The van der Waals surface area contributed by atoms with Crippen LogP contribution in [-0.2, 0) is 4.79 Å². The maximum absolute atomic E-state index is 12.2. The van der Waals surface area contributed by atoms with E-state index in [4.69, 9.17) is 0 Å². The molecule has 6 heteroatoms. The van der Waals surface area contributed by atoms with Crippen molar-refractivity contribution in [3.05, 3.63) is 64.5 Å². The van der Waals surface area contributed by atoms with Gasteiger partial charge in [-0.2, -0.15) is 0 Å². The third kappa shape index (κ3) is 3.71. The van der Waals surface area contributed by atoms with Gasteiger partial charge in [-0.05, 0) is 45.1 Å². The van der Waals surface area contributed by atoms with E-state index in [0.29, 0.717) is 17.3 Å². The molecule has 0 saturated heterocycles. The number of benzene rings is 1. The van der Waals surface area contributed by atoms with Crippen LogP contribution < -0.4 is 5.32 Å². The lowest BCUT2D eigenvalue weighted by Gasteiger charge is -2.05. The van der Waals surface area contributed by atoms with Crippen LogP contribution in [0.25, 0.3) is 11.7 Å². The molecule has 2 aromatic heterocycles. The summed E-state index contributed by atoms with van der Waals surface area (Å²) < 4.78 is 2.58. The van der Waals surface area contributed by atoms with E-state index in [1.807, 2.05) is 18.3 Å². The summed E-state index contributed by atoms with van der Waals surface area (Å²) in [4.78, 5) is 12.2. The van der Waals surface area contributed by atoms with Crippen molar-refractivity contribution in [2.24, 2.45) is 0 Å². The Balaban J connectivity index is 1.73. The first-order valence-corrected chi connectivity index (χ1v) is 8.40. The normalized spacial score (nSPS) is 11.5. The van der Waals surface area contributed by atoms with Crippen molar-refractivity contribution >= 4 is 39.2 Å². The summed E-state index contributed by atoms with van der Waals surface area (Å²) in [7, 11) is 0. The average molecular weight is 385 g/mol. The molecule has 1 aromatic carbocycles. The number of nitrogens with one attached hydrogen (secondary N) is 1. The Morgan fingerprint density at radius 1 is 1.29 bits per heavy atom. The molecule has 0 radical (unpaired) electrons. The van der Waals surface area contributed by atoms with Gasteiger partial charge in [-0.3, -0.25) is 9.20 Å². The molecule has 3 rings (SSSR count). The molecule has 24 heavy (non-hydrogen) atoms. The zero-order valence-electron chi connectivity index (χ0n) is 13.4. The van der Waals surface area contributed by atoms with Crippen molar-refractivity contribution in [2.75, 3.05) is 5.32 Å². The summed E-state index contributed by atoms with van der Waals surface area (Å²) >= 11 is 3.41. The number of hydrogen-bond donors (Lipinski definition) is 1. The summed E-state index contributed by atoms with van der Waals surface area (Å²) in [6.45, 7) is 4.31. The fourth-order valence-corrected chi connectivity index (χ4v) is 2.78. The van der Waals surface area contributed by atoms with Crippen molar-refractivity contribution in [3.63, 3.8) is 0 Å². The van der Waals surface area contributed by atoms with E-state index < -0.39 is 0 Å². The van der Waals surface area contributed by atoms with E-state index in [1.54, 1.807) is 22.9 Å². The van der Waals surface area contributed by atoms with E-state index >= 15 is 0 Å². The first kappa shape index (κ1) is 16.4. The van der Waals surface area contributed by atoms with Crippen molar-refractivity contribution in [1.29, 1.82) is 0 Å². The van der Waals surface area contributed by atoms with Gasteiger partial charge in [0.05, 0.1) is 5.69 Å². The summed E-state index contributed by atoms with van der Waals surface area (Å²) in [6.07, 6.45) is 6.72. The highest BCUT2D eigenvalue weighted by molar-refractivity contribution is 9.10. The highest BCUT2D eigenvalue weighted by Crippen LogP contribution is 2.21. The van der Waals surface area contributed by atoms with Crippen LogP contribution in [0.5, 0.6) is 0 Å². The fourth-order valence-electron chi connectivity index (χ4n) is 2.33. The molecule has 0 bridgehead atoms. The third-order valence-corrected chi connectivity index (χ3v) is 4.08. The lowest BCUT2D eigenvalue weighted by Crippen LogP contribution is -2.09. The molecule has 0 atom stereocenters. The van der Waals surface area contributed by atoms with Gasteiger partial charge >= 0.3 is 0 Å². The van der Waals surface area contributed by atoms with Crippen LogP contribution in [0.1, 0.15) is 30.9 Å². The van der Waals surface area contributed by atoms with Crippen LogP contribution in [0.3, 0.4) is 0 Å². The van der Waals surface area contributed by atoms with E-state index in [-0.39, 0.29) is 5.91 Å². The molecule has 3 aromatic rings. The predicted octanol–water partition coefficient (Wildman–Crippen LogP) is 4.27. The molecule has 122 valence electrons. The van der Waals surface area contributed by atoms with Gasteiger partial charge in [0.15, 0.2) is 5.65 Å². The number of fused-ring (bicyclic) bond motifs is 1. The van der Waals surface area contributed by atoms with Gasteiger partial charge in [0.1, 0.15) is 6.33 Å². The molecule has 1 N–H and O–H groups in total. The summed E-state index contributed by atoms with van der Waals surface area (Å²) in [5, 5.41) is 10.7. The van der Waals surface area contributed by atoms with Crippen LogP contribution in [0.4, 0.5) is 5.69 Å². The lowest BCUT2D eigenvalue weighted by molar-refractivity contribution is -0.111. The second-order valence-electron chi connectivity index (χ2n) is 5.78. The van der Waals surface area contributed by atoms with Crippen LogP contribution in [0, 0.1) is 0 Å². The van der Waals surface area contributed by atoms with Gasteiger partial charge in [-0.15, -0.1) is 10.2 Å². The number of rotatable bonds is 4. The Morgan fingerprint density at radius 3 is 2.75 bits per heavy atom. The minimum absolute atomic E-state index is 0.217. The van der Waals surface area contributed by atoms with Crippen LogP contribution >= 0.6 is 15.9 Å². The third-order valence-electron chi connectivity index (χ3n) is 3.65. The maximum atomic E-state index is 12.2. The molecule has 0 fully saturated rings. The summed E-state index contributed by atoms with van der Waals surface area (Å²) in [5.41, 5.74) is 3.46. The minimum atomic E-state index is -0.217. The van der Waals surface area contributed by atoms with Crippen molar-refractivity contribution < 1.29 is 4.79 Å². The largest absolute Gasteiger partial charge is 0.319 e. The molecular weight excluding hydrogens is 368 g/mol. The Hall–Kier alpha value is -2.47. The van der Waals surface area contributed by atoms with E-state index in [9.17, 15) is 4.79 Å². The van der Waals surface area contributed by atoms with Crippen LogP contribution in [-0.4, -0.2) is 20.5 Å². The Labute approximate surface area is 148 Å². The second kappa shape index (κ2) is 6.97. The van der Waals surface area contributed by atoms with E-state index in [1.165, 1.54) is 11.6 Å². The zero-order chi connectivity index (χ0) is 17.1. The van der Waals surface area contributed by atoms with Crippen molar-refractivity contribution in [2.45, 2.75) is 19.8 Å². The first-order valence-electron chi connectivity index (χ1n) is 7.61. The topological polar surface area (TPSA) is 59.3 Å². The minimum Gasteiger partial charge on any atom is -0.319 e. The maximum Gasteiger partial charge on any atom is 0.248 e. The number of anilines is 1. The quantitative estimate of drug-likeness (QED) is 0.683. The van der Waals surface area contributed by atoms with E-state index in [0.717, 1.165) is 10.0 Å². The number of hydrogen-bond acceptors (Lipinski definition) is 3. The van der Waals surface area contributed by atoms with Gasteiger partial charge in [0.25, 0.3) is 0 Å². The second-order valence-corrected chi connectivity index (χ2v) is 6.69. The Bertz CT molecular complexity index is 897. The SMILES string of the molecule is CC(C)c1ccc(/C=C/C(=O)Nc2cc(Br)cn3cnnc23)cc1. The number of carbonyl (C=O) groups excluding carboxylic acids is 1. The van der Waals surface area contributed by atoms with Gasteiger partial charge in [0.2, 0.25) is 5.91 Å². The summed E-state index contributed by atoms with van der Waals surface area (Å²) in [6, 6.07) is 9.98. The number of amides is 1. The lowest BCUT2D eigenvalue weighted by atomic mass is 10.0. The van der Waals surface area contributed by atoms with E-state index in [2.05, 4.69) is 57.4 Å². The molecule has 5 nitrogen and oxygen atoms in total. The molecule has 1 amide bonds. The molecule has 0 spiro atoms. The summed E-state index contributed by atoms with van der Waals surface area (Å²) in [5.74, 6) is 0.277. The first-order chi connectivity index (χ1) is 11.5. The zero-order valence-corrected chi connectivity index (χ0v) is 15.0.